The molecule has 4 aliphatic rings. The van der Waals surface area contributed by atoms with Crippen molar-refractivity contribution < 1.29 is 0 Å². The van der Waals surface area contributed by atoms with Crippen molar-refractivity contribution in [2.75, 3.05) is 0 Å². The average molecular weight is 215 g/mol. The van der Waals surface area contributed by atoms with E-state index < -0.39 is 0 Å². The van der Waals surface area contributed by atoms with Crippen LogP contribution in [0.3, 0.4) is 0 Å². The van der Waals surface area contributed by atoms with E-state index in [0.717, 1.165) is 5.03 Å². The van der Waals surface area contributed by atoms with Gasteiger partial charge in [-0.25, -0.2) is 0 Å². The summed E-state index contributed by atoms with van der Waals surface area (Å²) >= 11 is 6.21. The second-order valence-electron chi connectivity index (χ2n) is 4.72. The van der Waals surface area contributed by atoms with Crippen molar-refractivity contribution in [3.8, 4) is 0 Å². The zero-order valence-corrected chi connectivity index (χ0v) is 8.98. The lowest BCUT2D eigenvalue weighted by Gasteiger charge is -2.50. The highest BCUT2D eigenvalue weighted by atomic mass is 35.5. The van der Waals surface area contributed by atoms with E-state index in [2.05, 4.69) is 42.5 Å². The van der Waals surface area contributed by atoms with Crippen LogP contribution >= 0.6 is 11.6 Å². The van der Waals surface area contributed by atoms with Gasteiger partial charge < -0.3 is 0 Å². The Bertz CT molecular complexity index is 498. The molecule has 4 atom stereocenters. The average Bonchev–Trinajstić information content (AvgIpc) is 2.27. The lowest BCUT2D eigenvalue weighted by atomic mass is 9.55. The molecular formula is C14H11Cl. The van der Waals surface area contributed by atoms with Gasteiger partial charge in [-0.05, 0) is 17.0 Å². The highest BCUT2D eigenvalue weighted by Gasteiger charge is 2.48. The lowest BCUT2D eigenvalue weighted by Crippen LogP contribution is -2.39. The standard InChI is InChI=1S/C14H11Cl/c15-13-7-12-10-5-6-11(14(12)13)9-4-2-1-3-8(9)10/h1-7,10-12,14H. The van der Waals surface area contributed by atoms with Gasteiger partial charge in [0.05, 0.1) is 0 Å². The van der Waals surface area contributed by atoms with Gasteiger partial charge in [-0.1, -0.05) is 54.1 Å². The van der Waals surface area contributed by atoms with Crippen molar-refractivity contribution in [2.24, 2.45) is 11.8 Å². The van der Waals surface area contributed by atoms with Crippen LogP contribution in [0.2, 0.25) is 0 Å². The summed E-state index contributed by atoms with van der Waals surface area (Å²) in [6, 6.07) is 8.81. The van der Waals surface area contributed by atoms with E-state index in [0.29, 0.717) is 23.7 Å². The van der Waals surface area contributed by atoms with Crippen LogP contribution < -0.4 is 0 Å². The minimum atomic E-state index is 0.536. The summed E-state index contributed by atoms with van der Waals surface area (Å²) in [6.45, 7) is 0. The van der Waals surface area contributed by atoms with Crippen molar-refractivity contribution in [3.05, 3.63) is 58.7 Å². The molecule has 0 saturated heterocycles. The minimum absolute atomic E-state index is 0.536. The van der Waals surface area contributed by atoms with E-state index >= 15 is 0 Å². The Balaban J connectivity index is 1.96. The topological polar surface area (TPSA) is 0 Å². The van der Waals surface area contributed by atoms with E-state index in [1.165, 1.54) is 11.1 Å². The first-order valence-corrected chi connectivity index (χ1v) is 5.88. The molecule has 1 heteroatoms. The molecule has 15 heavy (non-hydrogen) atoms. The Morgan fingerprint density at radius 3 is 2.33 bits per heavy atom. The Labute approximate surface area is 94.3 Å². The third-order valence-corrected chi connectivity index (χ3v) is 4.50. The van der Waals surface area contributed by atoms with Crippen molar-refractivity contribution in [3.63, 3.8) is 0 Å². The van der Waals surface area contributed by atoms with Crippen molar-refractivity contribution in [2.45, 2.75) is 11.8 Å². The summed E-state index contributed by atoms with van der Waals surface area (Å²) in [5, 5.41) is 1.08. The quantitative estimate of drug-likeness (QED) is 0.577. The number of rotatable bonds is 0. The lowest BCUT2D eigenvalue weighted by molar-refractivity contribution is 0.309. The third kappa shape index (κ3) is 0.849. The fraction of sp³-hybridized carbons (Fsp3) is 0.286. The van der Waals surface area contributed by atoms with Crippen LogP contribution in [-0.2, 0) is 0 Å². The van der Waals surface area contributed by atoms with Gasteiger partial charge >= 0.3 is 0 Å². The zero-order chi connectivity index (χ0) is 9.99. The van der Waals surface area contributed by atoms with E-state index in [1.54, 1.807) is 0 Å². The molecule has 0 nitrogen and oxygen atoms in total. The highest BCUT2D eigenvalue weighted by molar-refractivity contribution is 6.30. The molecule has 4 unspecified atom stereocenters. The maximum Gasteiger partial charge on any atom is 0.0190 e. The van der Waals surface area contributed by atoms with Gasteiger partial charge in [0, 0.05) is 22.8 Å². The van der Waals surface area contributed by atoms with Crippen LogP contribution in [0.1, 0.15) is 23.0 Å². The van der Waals surface area contributed by atoms with Crippen LogP contribution in [0.5, 0.6) is 0 Å². The molecule has 0 saturated carbocycles. The number of benzene rings is 1. The molecule has 0 N–H and O–H groups in total. The molecule has 4 aliphatic carbocycles. The summed E-state index contributed by atoms with van der Waals surface area (Å²) in [7, 11) is 0. The SMILES string of the molecule is ClC1=CC2C3C=CC(c4ccccc43)C12. The fourth-order valence-electron chi connectivity index (χ4n) is 3.42. The van der Waals surface area contributed by atoms with E-state index in [9.17, 15) is 0 Å². The number of hydrogen-bond acceptors (Lipinski definition) is 0. The van der Waals surface area contributed by atoms with E-state index in [4.69, 9.17) is 11.6 Å². The van der Waals surface area contributed by atoms with Crippen LogP contribution in [0.15, 0.2) is 47.5 Å². The molecule has 0 aliphatic heterocycles. The maximum absolute atomic E-state index is 6.21. The summed E-state index contributed by atoms with van der Waals surface area (Å²) in [6.07, 6.45) is 6.96. The molecule has 1 aromatic rings. The fourth-order valence-corrected chi connectivity index (χ4v) is 3.84. The second kappa shape index (κ2) is 2.56. The normalized spacial score (nSPS) is 39.1. The van der Waals surface area contributed by atoms with Crippen LogP contribution in [0, 0.1) is 11.8 Å². The number of halogens is 1. The molecule has 1 aromatic carbocycles. The number of hydrogen-bond donors (Lipinski definition) is 0. The first-order valence-electron chi connectivity index (χ1n) is 5.50. The molecule has 0 radical (unpaired) electrons. The highest BCUT2D eigenvalue weighted by Crippen LogP contribution is 2.60. The third-order valence-electron chi connectivity index (χ3n) is 4.13. The molecule has 74 valence electrons. The summed E-state index contributed by atoms with van der Waals surface area (Å²) in [5.74, 6) is 2.37. The maximum atomic E-state index is 6.21. The molecule has 0 aromatic heterocycles. The second-order valence-corrected chi connectivity index (χ2v) is 5.16. The van der Waals surface area contributed by atoms with Gasteiger partial charge in [-0.3, -0.25) is 0 Å². The Morgan fingerprint density at radius 1 is 0.933 bits per heavy atom. The molecular weight excluding hydrogens is 204 g/mol. The summed E-state index contributed by atoms with van der Waals surface area (Å²) in [4.78, 5) is 0. The molecule has 2 bridgehead atoms. The number of allylic oxidation sites excluding steroid dienone is 4. The molecule has 0 heterocycles. The van der Waals surface area contributed by atoms with Gasteiger partial charge in [0.15, 0.2) is 0 Å². The molecule has 5 rings (SSSR count). The van der Waals surface area contributed by atoms with Crippen LogP contribution in [0.4, 0.5) is 0 Å². The van der Waals surface area contributed by atoms with Crippen molar-refractivity contribution in [1.82, 2.24) is 0 Å². The van der Waals surface area contributed by atoms with Gasteiger partial charge in [0.2, 0.25) is 0 Å². The molecule has 0 amide bonds. The van der Waals surface area contributed by atoms with Gasteiger partial charge in [0.1, 0.15) is 0 Å². The molecule has 0 spiro atoms. The monoisotopic (exact) mass is 214 g/mol. The Hall–Kier alpha value is -1.01. The smallest absolute Gasteiger partial charge is 0.0190 e. The predicted molar refractivity (Wildman–Crippen MR) is 62.0 cm³/mol. The first-order chi connectivity index (χ1) is 7.36. The predicted octanol–water partition coefficient (Wildman–Crippen LogP) is 3.81. The van der Waals surface area contributed by atoms with E-state index in [-0.39, 0.29) is 0 Å². The first kappa shape index (κ1) is 8.18. The molecule has 0 fully saturated rings. The zero-order valence-electron chi connectivity index (χ0n) is 8.23. The summed E-state index contributed by atoms with van der Waals surface area (Å²) in [5.41, 5.74) is 3.02. The largest absolute Gasteiger partial charge is 0.0891 e. The Morgan fingerprint density at radius 2 is 1.60 bits per heavy atom. The summed E-state index contributed by atoms with van der Waals surface area (Å²) < 4.78 is 0. The van der Waals surface area contributed by atoms with Gasteiger partial charge in [0.25, 0.3) is 0 Å². The van der Waals surface area contributed by atoms with E-state index in [1.807, 2.05) is 0 Å². The van der Waals surface area contributed by atoms with Crippen molar-refractivity contribution >= 4 is 11.6 Å². The minimum Gasteiger partial charge on any atom is -0.0891 e. The van der Waals surface area contributed by atoms with Crippen molar-refractivity contribution in [1.29, 1.82) is 0 Å². The van der Waals surface area contributed by atoms with Crippen LogP contribution in [-0.4, -0.2) is 0 Å². The van der Waals surface area contributed by atoms with Crippen LogP contribution in [0.25, 0.3) is 0 Å². The van der Waals surface area contributed by atoms with Gasteiger partial charge in [-0.15, -0.1) is 0 Å². The Kier molecular flexibility index (Phi) is 1.40. The van der Waals surface area contributed by atoms with Gasteiger partial charge in [-0.2, -0.15) is 0 Å².